The highest BCUT2D eigenvalue weighted by Gasteiger charge is 2.34. The van der Waals surface area contributed by atoms with Crippen molar-refractivity contribution < 1.29 is 4.74 Å². The van der Waals surface area contributed by atoms with Gasteiger partial charge in [-0.15, -0.1) is 0 Å². The third-order valence-electron chi connectivity index (χ3n) is 3.49. The van der Waals surface area contributed by atoms with Gasteiger partial charge in [-0.25, -0.2) is 9.97 Å². The van der Waals surface area contributed by atoms with Gasteiger partial charge in [-0.1, -0.05) is 11.6 Å². The Morgan fingerprint density at radius 3 is 2.94 bits per heavy atom. The number of fused-ring (bicyclic) bond motifs is 1. The quantitative estimate of drug-likeness (QED) is 0.746. The fourth-order valence-electron chi connectivity index (χ4n) is 2.58. The summed E-state index contributed by atoms with van der Waals surface area (Å²) >= 11 is 6.05. The molecule has 0 aliphatic carbocycles. The summed E-state index contributed by atoms with van der Waals surface area (Å²) in [5.41, 5.74) is 0. The Hall–Kier alpha value is -0.870. The molecule has 0 bridgehead atoms. The first-order valence-corrected chi connectivity index (χ1v) is 6.01. The zero-order chi connectivity index (χ0) is 11.0. The minimum absolute atomic E-state index is 0.500. The van der Waals surface area contributed by atoms with Gasteiger partial charge in [0.1, 0.15) is 0 Å². The highest BCUT2D eigenvalue weighted by Crippen LogP contribution is 2.32. The number of rotatable bonds is 1. The van der Waals surface area contributed by atoms with Crippen LogP contribution < -0.4 is 4.90 Å². The van der Waals surface area contributed by atoms with Crippen LogP contribution in [0.1, 0.15) is 6.42 Å². The van der Waals surface area contributed by atoms with E-state index in [1.807, 2.05) is 0 Å². The average molecular weight is 240 g/mol. The maximum absolute atomic E-state index is 6.05. The Bertz CT molecular complexity index is 387. The van der Waals surface area contributed by atoms with Crippen molar-refractivity contribution in [1.82, 2.24) is 9.97 Å². The molecule has 0 N–H and O–H groups in total. The van der Waals surface area contributed by atoms with Crippen molar-refractivity contribution in [2.45, 2.75) is 6.42 Å². The molecule has 2 atom stereocenters. The molecule has 3 heterocycles. The monoisotopic (exact) mass is 239 g/mol. The number of halogens is 1. The number of anilines is 1. The summed E-state index contributed by atoms with van der Waals surface area (Å²) < 4.78 is 5.51. The Morgan fingerprint density at radius 2 is 2.06 bits per heavy atom. The van der Waals surface area contributed by atoms with E-state index in [1.165, 1.54) is 0 Å². The average Bonchev–Trinajstić information content (AvgIpc) is 2.76. The van der Waals surface area contributed by atoms with Gasteiger partial charge in [0.05, 0.1) is 6.61 Å². The van der Waals surface area contributed by atoms with Gasteiger partial charge in [-0.3, -0.25) is 0 Å². The predicted molar refractivity (Wildman–Crippen MR) is 61.7 cm³/mol. The van der Waals surface area contributed by atoms with Crippen molar-refractivity contribution in [3.63, 3.8) is 0 Å². The van der Waals surface area contributed by atoms with Crippen LogP contribution >= 0.6 is 11.6 Å². The van der Waals surface area contributed by atoms with Crippen LogP contribution in [0, 0.1) is 11.8 Å². The number of aromatic nitrogens is 2. The van der Waals surface area contributed by atoms with E-state index in [4.69, 9.17) is 16.3 Å². The molecule has 0 unspecified atom stereocenters. The van der Waals surface area contributed by atoms with Gasteiger partial charge in [0.2, 0.25) is 0 Å². The largest absolute Gasteiger partial charge is 0.381 e. The van der Waals surface area contributed by atoms with Gasteiger partial charge >= 0.3 is 0 Å². The highest BCUT2D eigenvalue weighted by molar-refractivity contribution is 6.31. The van der Waals surface area contributed by atoms with E-state index in [9.17, 15) is 0 Å². The van der Waals surface area contributed by atoms with Crippen molar-refractivity contribution in [2.75, 3.05) is 31.2 Å². The summed E-state index contributed by atoms with van der Waals surface area (Å²) in [5, 5.41) is 0.500. The first-order chi connectivity index (χ1) is 7.84. The van der Waals surface area contributed by atoms with Crippen LogP contribution in [0.5, 0.6) is 0 Å². The molecular formula is C11H14ClN3O. The molecule has 2 saturated heterocycles. The first kappa shape index (κ1) is 10.3. The van der Waals surface area contributed by atoms with E-state index >= 15 is 0 Å². The fraction of sp³-hybridized carbons (Fsp3) is 0.636. The van der Waals surface area contributed by atoms with E-state index in [2.05, 4.69) is 14.9 Å². The molecule has 0 radical (unpaired) electrons. The van der Waals surface area contributed by atoms with E-state index in [-0.39, 0.29) is 0 Å². The topological polar surface area (TPSA) is 38.2 Å². The van der Waals surface area contributed by atoms with Gasteiger partial charge < -0.3 is 9.64 Å². The number of ether oxygens (including phenoxy) is 1. The van der Waals surface area contributed by atoms with Crippen molar-refractivity contribution in [3.05, 3.63) is 17.5 Å². The molecule has 1 aromatic rings. The number of nitrogens with zero attached hydrogens (tertiary/aromatic N) is 3. The summed E-state index contributed by atoms with van der Waals surface area (Å²) in [6, 6.07) is 0. The van der Waals surface area contributed by atoms with Crippen LogP contribution in [0.3, 0.4) is 0 Å². The minimum atomic E-state index is 0.500. The molecule has 3 rings (SSSR count). The molecule has 86 valence electrons. The van der Waals surface area contributed by atoms with Gasteiger partial charge in [0.25, 0.3) is 0 Å². The van der Waals surface area contributed by atoms with Gasteiger partial charge in [-0.05, 0) is 12.3 Å². The lowest BCUT2D eigenvalue weighted by Gasteiger charge is -2.34. The number of piperidine rings is 1. The minimum Gasteiger partial charge on any atom is -0.381 e. The maximum atomic E-state index is 6.05. The van der Waals surface area contributed by atoms with Crippen molar-refractivity contribution in [3.8, 4) is 0 Å². The molecule has 4 nitrogen and oxygen atoms in total. The molecule has 2 aliphatic rings. The summed E-state index contributed by atoms with van der Waals surface area (Å²) in [7, 11) is 0. The number of hydrogen-bond donors (Lipinski definition) is 0. The summed E-state index contributed by atoms with van der Waals surface area (Å²) in [4.78, 5) is 10.6. The lowest BCUT2D eigenvalue weighted by atomic mass is 9.89. The van der Waals surface area contributed by atoms with E-state index in [0.29, 0.717) is 11.1 Å². The van der Waals surface area contributed by atoms with Crippen molar-refractivity contribution in [1.29, 1.82) is 0 Å². The van der Waals surface area contributed by atoms with Crippen LogP contribution in [0.25, 0.3) is 0 Å². The van der Waals surface area contributed by atoms with Crippen LogP contribution in [0.15, 0.2) is 12.4 Å². The second kappa shape index (κ2) is 4.18. The third kappa shape index (κ3) is 1.76. The molecule has 0 aromatic carbocycles. The smallest absolute Gasteiger partial charge is 0.171 e. The highest BCUT2D eigenvalue weighted by atomic mass is 35.5. The van der Waals surface area contributed by atoms with E-state index in [1.54, 1.807) is 12.4 Å². The molecule has 2 aliphatic heterocycles. The van der Waals surface area contributed by atoms with Gasteiger partial charge in [0, 0.05) is 38.0 Å². The maximum Gasteiger partial charge on any atom is 0.171 e. The van der Waals surface area contributed by atoms with Crippen LogP contribution in [-0.2, 0) is 4.74 Å². The lowest BCUT2D eigenvalue weighted by molar-refractivity contribution is 0.182. The zero-order valence-corrected chi connectivity index (χ0v) is 9.73. The normalized spacial score (nSPS) is 29.2. The van der Waals surface area contributed by atoms with Crippen LogP contribution in [0.2, 0.25) is 5.15 Å². The van der Waals surface area contributed by atoms with Crippen molar-refractivity contribution in [2.24, 2.45) is 11.8 Å². The van der Waals surface area contributed by atoms with Gasteiger partial charge in [-0.2, -0.15) is 0 Å². The SMILES string of the molecule is Clc1nccnc1N1CC[C@H]2COC[C@H]2C1. The summed E-state index contributed by atoms with van der Waals surface area (Å²) in [5.74, 6) is 2.17. The Morgan fingerprint density at radius 1 is 1.25 bits per heavy atom. The standard InChI is InChI=1S/C11H14ClN3O/c12-10-11(14-3-2-13-10)15-4-1-8-6-16-7-9(8)5-15/h2-3,8-9H,1,4-7H2/t8-,9+/m0/s1. The third-order valence-corrected chi connectivity index (χ3v) is 3.76. The number of hydrogen-bond acceptors (Lipinski definition) is 4. The predicted octanol–water partition coefficient (Wildman–Crippen LogP) is 1.60. The van der Waals surface area contributed by atoms with E-state index in [0.717, 1.165) is 44.5 Å². The second-order valence-corrected chi connectivity index (χ2v) is 4.82. The Kier molecular flexibility index (Phi) is 2.69. The molecule has 0 amide bonds. The van der Waals surface area contributed by atoms with E-state index < -0.39 is 0 Å². The van der Waals surface area contributed by atoms with Crippen LogP contribution in [-0.4, -0.2) is 36.3 Å². The molecule has 1 aromatic heterocycles. The van der Waals surface area contributed by atoms with Gasteiger partial charge in [0.15, 0.2) is 11.0 Å². The molecule has 0 saturated carbocycles. The molecule has 2 fully saturated rings. The zero-order valence-electron chi connectivity index (χ0n) is 8.97. The lowest BCUT2D eigenvalue weighted by Crippen LogP contribution is -2.40. The van der Waals surface area contributed by atoms with Crippen molar-refractivity contribution >= 4 is 17.4 Å². The summed E-state index contributed by atoms with van der Waals surface area (Å²) in [6.07, 6.45) is 4.48. The molecular weight excluding hydrogens is 226 g/mol. The molecule has 5 heteroatoms. The molecule has 16 heavy (non-hydrogen) atoms. The first-order valence-electron chi connectivity index (χ1n) is 5.64. The Balaban J connectivity index is 1.79. The second-order valence-electron chi connectivity index (χ2n) is 4.46. The fourth-order valence-corrected chi connectivity index (χ4v) is 2.80. The Labute approximate surface area is 99.6 Å². The summed E-state index contributed by atoms with van der Waals surface area (Å²) in [6.45, 7) is 3.79. The van der Waals surface area contributed by atoms with Crippen LogP contribution in [0.4, 0.5) is 5.82 Å². The molecule has 0 spiro atoms.